The van der Waals surface area contributed by atoms with Gasteiger partial charge in [-0.05, 0) is 45.4 Å². The molecule has 0 aromatic heterocycles. The zero-order chi connectivity index (χ0) is 14.8. The Morgan fingerprint density at radius 3 is 2.32 bits per heavy atom. The maximum Gasteiger partial charge on any atom is 0.246 e. The highest BCUT2D eigenvalue weighted by atomic mass is 16.2. The van der Waals surface area contributed by atoms with E-state index in [2.05, 4.69) is 17.2 Å². The molecule has 1 fully saturated rings. The third kappa shape index (κ3) is 3.37. The summed E-state index contributed by atoms with van der Waals surface area (Å²) in [5, 5.41) is 5.89. The number of carbonyl (C=O) groups excluding carboxylic acids is 2. The standard InChI is InChI=1S/C15H26N2O2/c1-7-12-8-9-15(10(12)2,16-11(3)18)13(19)17-14(4,5)6/h7,10,12H,1,8-9H2,2-6H3,(H,16,18)(H,17,19)/t10-,12+,15?/m0/s1. The molecule has 0 bridgehead atoms. The first-order chi connectivity index (χ1) is 8.62. The van der Waals surface area contributed by atoms with Gasteiger partial charge in [0.15, 0.2) is 0 Å². The third-order valence-electron chi connectivity index (χ3n) is 3.89. The van der Waals surface area contributed by atoms with Crippen LogP contribution >= 0.6 is 0 Å². The van der Waals surface area contributed by atoms with Gasteiger partial charge in [-0.25, -0.2) is 0 Å². The van der Waals surface area contributed by atoms with E-state index in [4.69, 9.17) is 0 Å². The van der Waals surface area contributed by atoms with Crippen molar-refractivity contribution in [2.24, 2.45) is 11.8 Å². The van der Waals surface area contributed by atoms with Crippen molar-refractivity contribution in [2.45, 2.75) is 58.5 Å². The molecule has 4 nitrogen and oxygen atoms in total. The number of carbonyl (C=O) groups is 2. The molecule has 3 atom stereocenters. The Bertz CT molecular complexity index is 384. The van der Waals surface area contributed by atoms with Crippen LogP contribution in [0.5, 0.6) is 0 Å². The van der Waals surface area contributed by atoms with Crippen molar-refractivity contribution in [3.05, 3.63) is 12.7 Å². The van der Waals surface area contributed by atoms with Gasteiger partial charge in [0.1, 0.15) is 5.54 Å². The Labute approximate surface area is 116 Å². The summed E-state index contributed by atoms with van der Waals surface area (Å²) in [5.41, 5.74) is -1.12. The number of hydrogen-bond donors (Lipinski definition) is 2. The van der Waals surface area contributed by atoms with E-state index in [9.17, 15) is 9.59 Å². The van der Waals surface area contributed by atoms with Gasteiger partial charge >= 0.3 is 0 Å². The maximum atomic E-state index is 12.6. The van der Waals surface area contributed by atoms with E-state index in [1.54, 1.807) is 0 Å². The number of allylic oxidation sites excluding steroid dienone is 1. The Hall–Kier alpha value is -1.32. The lowest BCUT2D eigenvalue weighted by atomic mass is 9.82. The zero-order valence-corrected chi connectivity index (χ0v) is 12.7. The summed E-state index contributed by atoms with van der Waals surface area (Å²) in [6.45, 7) is 13.1. The molecule has 2 amide bonds. The molecule has 0 aliphatic heterocycles. The molecule has 19 heavy (non-hydrogen) atoms. The van der Waals surface area contributed by atoms with E-state index in [0.717, 1.165) is 6.42 Å². The molecule has 0 aromatic rings. The average molecular weight is 266 g/mol. The summed E-state index contributed by atoms with van der Waals surface area (Å²) in [4.78, 5) is 24.1. The van der Waals surface area contributed by atoms with Gasteiger partial charge in [0, 0.05) is 12.5 Å². The highest BCUT2D eigenvalue weighted by molar-refractivity contribution is 5.92. The minimum Gasteiger partial charge on any atom is -0.349 e. The fourth-order valence-electron chi connectivity index (χ4n) is 2.88. The Morgan fingerprint density at radius 2 is 1.95 bits per heavy atom. The molecule has 0 heterocycles. The molecule has 1 aliphatic rings. The van der Waals surface area contributed by atoms with E-state index < -0.39 is 5.54 Å². The molecule has 0 saturated heterocycles. The van der Waals surface area contributed by atoms with Gasteiger partial charge in [-0.15, -0.1) is 6.58 Å². The van der Waals surface area contributed by atoms with E-state index >= 15 is 0 Å². The zero-order valence-electron chi connectivity index (χ0n) is 12.7. The second-order valence-corrected chi connectivity index (χ2v) is 6.58. The largest absolute Gasteiger partial charge is 0.349 e. The van der Waals surface area contributed by atoms with Crippen molar-refractivity contribution in [3.8, 4) is 0 Å². The predicted octanol–water partition coefficient (Wildman–Crippen LogP) is 2.01. The molecule has 1 unspecified atom stereocenters. The predicted molar refractivity (Wildman–Crippen MR) is 76.5 cm³/mol. The van der Waals surface area contributed by atoms with Crippen LogP contribution in [0, 0.1) is 11.8 Å². The summed E-state index contributed by atoms with van der Waals surface area (Å²) in [6, 6.07) is 0. The molecule has 0 aromatic carbocycles. The van der Waals surface area contributed by atoms with Crippen LogP contribution in [0.3, 0.4) is 0 Å². The van der Waals surface area contributed by atoms with Crippen molar-refractivity contribution in [3.63, 3.8) is 0 Å². The van der Waals surface area contributed by atoms with Crippen molar-refractivity contribution in [1.29, 1.82) is 0 Å². The lowest BCUT2D eigenvalue weighted by Gasteiger charge is -2.37. The first-order valence-corrected chi connectivity index (χ1v) is 6.86. The number of nitrogens with one attached hydrogen (secondary N) is 2. The van der Waals surface area contributed by atoms with Crippen LogP contribution in [-0.2, 0) is 9.59 Å². The lowest BCUT2D eigenvalue weighted by Crippen LogP contribution is -2.63. The Balaban J connectivity index is 3.04. The third-order valence-corrected chi connectivity index (χ3v) is 3.89. The minimum absolute atomic E-state index is 0.0521. The average Bonchev–Trinajstić information content (AvgIpc) is 2.54. The normalized spacial score (nSPS) is 30.8. The summed E-state index contributed by atoms with van der Waals surface area (Å²) in [5.74, 6) is 0.0569. The van der Waals surface area contributed by atoms with Gasteiger partial charge < -0.3 is 10.6 Å². The fraction of sp³-hybridized carbons (Fsp3) is 0.733. The lowest BCUT2D eigenvalue weighted by molar-refractivity contribution is -0.135. The summed E-state index contributed by atoms with van der Waals surface area (Å²) < 4.78 is 0. The summed E-state index contributed by atoms with van der Waals surface area (Å²) in [7, 11) is 0. The molecular formula is C15H26N2O2. The molecule has 1 rings (SSSR count). The monoisotopic (exact) mass is 266 g/mol. The minimum atomic E-state index is -0.808. The second kappa shape index (κ2) is 5.35. The van der Waals surface area contributed by atoms with Crippen molar-refractivity contribution >= 4 is 11.8 Å². The molecular weight excluding hydrogens is 240 g/mol. The molecule has 0 radical (unpaired) electrons. The molecule has 1 saturated carbocycles. The molecule has 0 spiro atoms. The van der Waals surface area contributed by atoms with Crippen molar-refractivity contribution in [1.82, 2.24) is 10.6 Å². The van der Waals surface area contributed by atoms with Gasteiger partial charge in [0.2, 0.25) is 11.8 Å². The quantitative estimate of drug-likeness (QED) is 0.768. The van der Waals surface area contributed by atoms with Crippen LogP contribution in [0.2, 0.25) is 0 Å². The van der Waals surface area contributed by atoms with Crippen molar-refractivity contribution in [2.75, 3.05) is 0 Å². The molecule has 108 valence electrons. The summed E-state index contributed by atoms with van der Waals surface area (Å²) >= 11 is 0. The van der Waals surface area contributed by atoms with E-state index in [1.165, 1.54) is 6.92 Å². The van der Waals surface area contributed by atoms with Crippen LogP contribution in [0.25, 0.3) is 0 Å². The second-order valence-electron chi connectivity index (χ2n) is 6.58. The highest BCUT2D eigenvalue weighted by Crippen LogP contribution is 2.41. The number of amides is 2. The van der Waals surface area contributed by atoms with Gasteiger partial charge in [-0.3, -0.25) is 9.59 Å². The van der Waals surface area contributed by atoms with E-state index in [0.29, 0.717) is 6.42 Å². The van der Waals surface area contributed by atoms with Crippen LogP contribution in [0.15, 0.2) is 12.7 Å². The van der Waals surface area contributed by atoms with Crippen LogP contribution in [0.4, 0.5) is 0 Å². The number of hydrogen-bond acceptors (Lipinski definition) is 2. The molecule has 1 aliphatic carbocycles. The highest BCUT2D eigenvalue weighted by Gasteiger charge is 2.51. The van der Waals surface area contributed by atoms with E-state index in [1.807, 2.05) is 33.8 Å². The Kier molecular flexibility index (Phi) is 4.43. The first-order valence-electron chi connectivity index (χ1n) is 6.86. The van der Waals surface area contributed by atoms with E-state index in [-0.39, 0.29) is 29.2 Å². The van der Waals surface area contributed by atoms with Crippen LogP contribution in [-0.4, -0.2) is 22.9 Å². The van der Waals surface area contributed by atoms with Crippen LogP contribution in [0.1, 0.15) is 47.5 Å². The fourth-order valence-corrected chi connectivity index (χ4v) is 2.88. The molecule has 4 heteroatoms. The van der Waals surface area contributed by atoms with Gasteiger partial charge in [0.05, 0.1) is 0 Å². The topological polar surface area (TPSA) is 58.2 Å². The van der Waals surface area contributed by atoms with Crippen LogP contribution < -0.4 is 10.6 Å². The van der Waals surface area contributed by atoms with Gasteiger partial charge in [-0.2, -0.15) is 0 Å². The van der Waals surface area contributed by atoms with Gasteiger partial charge in [-0.1, -0.05) is 13.0 Å². The SMILES string of the molecule is C=C[C@@H]1CCC(NC(C)=O)(C(=O)NC(C)(C)C)[C@H]1C. The van der Waals surface area contributed by atoms with Gasteiger partial charge in [0.25, 0.3) is 0 Å². The van der Waals surface area contributed by atoms with Crippen molar-refractivity contribution < 1.29 is 9.59 Å². The maximum absolute atomic E-state index is 12.6. The number of rotatable bonds is 3. The smallest absolute Gasteiger partial charge is 0.246 e. The summed E-state index contributed by atoms with van der Waals surface area (Å²) in [6.07, 6.45) is 3.42. The Morgan fingerprint density at radius 1 is 1.37 bits per heavy atom. The first kappa shape index (κ1) is 15.7. The molecule has 2 N–H and O–H groups in total.